The third kappa shape index (κ3) is 3.69. The highest BCUT2D eigenvalue weighted by molar-refractivity contribution is 7.99. The fourth-order valence-electron chi connectivity index (χ4n) is 2.53. The number of hydrogen-bond acceptors (Lipinski definition) is 2. The van der Waals surface area contributed by atoms with Gasteiger partial charge in [-0.05, 0) is 55.4 Å². The molecule has 3 rings (SSSR count). The van der Waals surface area contributed by atoms with E-state index in [-0.39, 0.29) is 12.4 Å². The molecule has 0 saturated heterocycles. The first-order chi connectivity index (χ1) is 10.1. The molecule has 1 aliphatic heterocycles. The lowest BCUT2D eigenvalue weighted by Gasteiger charge is -2.22. The van der Waals surface area contributed by atoms with Crippen molar-refractivity contribution in [3.8, 4) is 0 Å². The van der Waals surface area contributed by atoms with Crippen molar-refractivity contribution in [3.05, 3.63) is 64.7 Å². The fraction of sp³-hybridized carbons (Fsp3) is 0.222. The molecule has 4 heteroatoms. The van der Waals surface area contributed by atoms with Crippen LogP contribution in [0, 0.1) is 0 Å². The van der Waals surface area contributed by atoms with Crippen LogP contribution in [0.4, 0.5) is 0 Å². The monoisotopic (exact) mass is 350 g/mol. The van der Waals surface area contributed by atoms with Crippen molar-refractivity contribution < 1.29 is 12.4 Å². The highest BCUT2D eigenvalue weighted by atomic mass is 35.5. The van der Waals surface area contributed by atoms with Gasteiger partial charge in [-0.3, -0.25) is 0 Å². The Hall–Kier alpha value is -0.930. The van der Waals surface area contributed by atoms with Gasteiger partial charge in [0.05, 0.1) is 0 Å². The molecule has 0 atom stereocenters. The average Bonchev–Trinajstić information content (AvgIpc) is 2.46. The van der Waals surface area contributed by atoms with Gasteiger partial charge in [0, 0.05) is 21.4 Å². The van der Waals surface area contributed by atoms with E-state index in [4.69, 9.17) is 11.6 Å². The minimum Gasteiger partial charge on any atom is -1.00 e. The summed E-state index contributed by atoms with van der Waals surface area (Å²) in [6, 6.07) is 14.8. The van der Waals surface area contributed by atoms with Gasteiger partial charge in [-0.1, -0.05) is 53.7 Å². The third-order valence-corrected chi connectivity index (χ3v) is 4.92. The Labute approximate surface area is 147 Å². The molecule has 2 aromatic rings. The molecule has 0 spiro atoms. The summed E-state index contributed by atoms with van der Waals surface area (Å²) in [6.07, 6.45) is 3.40. The standard InChI is InChI=1S/C18H18ClNS.ClH/c1-20(2)11-5-7-14-15-6-3-4-8-17(15)21-18-12-13(19)9-10-16(14)18;/h3-4,6-10,12H,5,11H2,1-2H3;1H/p-1/b14-7-;. The molecule has 0 aliphatic carbocycles. The summed E-state index contributed by atoms with van der Waals surface area (Å²) in [6.45, 7) is 1.06. The van der Waals surface area contributed by atoms with Gasteiger partial charge < -0.3 is 17.3 Å². The van der Waals surface area contributed by atoms with Crippen molar-refractivity contribution in [1.82, 2.24) is 4.90 Å². The molecule has 0 radical (unpaired) electrons. The SMILES string of the molecule is CN(C)CC/C=C1/c2ccccc2Sc2cc(Cl)ccc21.[Cl-]. The molecule has 0 aromatic heterocycles. The minimum atomic E-state index is 0. The van der Waals surface area contributed by atoms with Gasteiger partial charge in [-0.15, -0.1) is 0 Å². The first-order valence-electron chi connectivity index (χ1n) is 7.07. The van der Waals surface area contributed by atoms with Crippen LogP contribution in [-0.2, 0) is 0 Å². The number of fused-ring (bicyclic) bond motifs is 2. The molecule has 0 saturated carbocycles. The molecule has 0 N–H and O–H groups in total. The average molecular weight is 351 g/mol. The summed E-state index contributed by atoms with van der Waals surface area (Å²) in [7, 11) is 4.22. The molecule has 22 heavy (non-hydrogen) atoms. The second kappa shape index (κ2) is 7.56. The summed E-state index contributed by atoms with van der Waals surface area (Å²) >= 11 is 7.96. The van der Waals surface area contributed by atoms with Crippen molar-refractivity contribution >= 4 is 28.9 Å². The number of halogens is 2. The van der Waals surface area contributed by atoms with Gasteiger partial charge in [-0.25, -0.2) is 0 Å². The Kier molecular flexibility index (Phi) is 5.99. The lowest BCUT2D eigenvalue weighted by molar-refractivity contribution is -0.00000410. The van der Waals surface area contributed by atoms with Crippen molar-refractivity contribution in [2.45, 2.75) is 16.2 Å². The summed E-state index contributed by atoms with van der Waals surface area (Å²) < 4.78 is 0. The topological polar surface area (TPSA) is 3.24 Å². The predicted molar refractivity (Wildman–Crippen MR) is 92.3 cm³/mol. The molecule has 0 bridgehead atoms. The maximum atomic E-state index is 6.16. The Balaban J connectivity index is 0.00000176. The Morgan fingerprint density at radius 1 is 1.05 bits per heavy atom. The van der Waals surface area contributed by atoms with Crippen LogP contribution < -0.4 is 12.4 Å². The molecule has 116 valence electrons. The Morgan fingerprint density at radius 3 is 2.55 bits per heavy atom. The summed E-state index contributed by atoms with van der Waals surface area (Å²) in [4.78, 5) is 4.77. The van der Waals surface area contributed by atoms with Crippen molar-refractivity contribution in [3.63, 3.8) is 0 Å². The Bertz CT molecular complexity index is 695. The molecule has 1 nitrogen and oxygen atoms in total. The fourth-order valence-corrected chi connectivity index (χ4v) is 3.91. The number of benzene rings is 2. The molecule has 2 aromatic carbocycles. The normalized spacial score (nSPS) is 14.5. The van der Waals surface area contributed by atoms with Crippen LogP contribution in [0.2, 0.25) is 5.02 Å². The first kappa shape index (κ1) is 17.4. The van der Waals surface area contributed by atoms with E-state index in [1.165, 1.54) is 26.5 Å². The Morgan fingerprint density at radius 2 is 1.77 bits per heavy atom. The molecule has 0 fully saturated rings. The van der Waals surface area contributed by atoms with Gasteiger partial charge in [0.25, 0.3) is 0 Å². The van der Waals surface area contributed by atoms with Gasteiger partial charge >= 0.3 is 0 Å². The zero-order valence-electron chi connectivity index (χ0n) is 12.6. The zero-order valence-corrected chi connectivity index (χ0v) is 15.0. The van der Waals surface area contributed by atoms with E-state index >= 15 is 0 Å². The van der Waals surface area contributed by atoms with Crippen LogP contribution in [0.5, 0.6) is 0 Å². The smallest absolute Gasteiger partial charge is 0.0417 e. The molecule has 1 aliphatic rings. The largest absolute Gasteiger partial charge is 1.00 e. The quantitative estimate of drug-likeness (QED) is 0.712. The minimum absolute atomic E-state index is 0. The second-order valence-electron chi connectivity index (χ2n) is 5.45. The number of nitrogens with zero attached hydrogens (tertiary/aromatic N) is 1. The summed E-state index contributed by atoms with van der Waals surface area (Å²) in [5.74, 6) is 0. The van der Waals surface area contributed by atoms with Crippen LogP contribution in [0.3, 0.4) is 0 Å². The summed E-state index contributed by atoms with van der Waals surface area (Å²) in [5.41, 5.74) is 3.95. The molecule has 1 heterocycles. The first-order valence-corrected chi connectivity index (χ1v) is 8.26. The van der Waals surface area contributed by atoms with Crippen LogP contribution in [-0.4, -0.2) is 25.5 Å². The van der Waals surface area contributed by atoms with E-state index in [1.807, 2.05) is 6.07 Å². The lowest BCUT2D eigenvalue weighted by Crippen LogP contribution is -3.00. The van der Waals surface area contributed by atoms with E-state index in [1.54, 1.807) is 11.8 Å². The maximum Gasteiger partial charge on any atom is 0.0417 e. The van der Waals surface area contributed by atoms with Crippen LogP contribution in [0.25, 0.3) is 5.57 Å². The highest BCUT2D eigenvalue weighted by Gasteiger charge is 2.20. The van der Waals surface area contributed by atoms with E-state index in [0.29, 0.717) is 0 Å². The van der Waals surface area contributed by atoms with Crippen LogP contribution in [0.1, 0.15) is 17.5 Å². The second-order valence-corrected chi connectivity index (χ2v) is 6.97. The van der Waals surface area contributed by atoms with Gasteiger partial charge in [-0.2, -0.15) is 0 Å². The maximum absolute atomic E-state index is 6.16. The van der Waals surface area contributed by atoms with Crippen molar-refractivity contribution in [2.24, 2.45) is 0 Å². The molecule has 0 amide bonds. The highest BCUT2D eigenvalue weighted by Crippen LogP contribution is 2.46. The molecular weight excluding hydrogens is 333 g/mol. The van der Waals surface area contributed by atoms with E-state index in [0.717, 1.165) is 18.0 Å². The molecular formula is C18H18Cl2NS-. The van der Waals surface area contributed by atoms with Crippen molar-refractivity contribution in [1.29, 1.82) is 0 Å². The lowest BCUT2D eigenvalue weighted by atomic mass is 9.96. The third-order valence-electron chi connectivity index (χ3n) is 3.56. The van der Waals surface area contributed by atoms with Crippen LogP contribution in [0.15, 0.2) is 58.3 Å². The summed E-state index contributed by atoms with van der Waals surface area (Å²) in [5, 5.41) is 0.799. The predicted octanol–water partition coefficient (Wildman–Crippen LogP) is 2.19. The van der Waals surface area contributed by atoms with Gasteiger partial charge in [0.1, 0.15) is 0 Å². The zero-order chi connectivity index (χ0) is 14.8. The van der Waals surface area contributed by atoms with Crippen LogP contribution >= 0.6 is 23.4 Å². The van der Waals surface area contributed by atoms with E-state index in [2.05, 4.69) is 61.5 Å². The van der Waals surface area contributed by atoms with Crippen molar-refractivity contribution in [2.75, 3.05) is 20.6 Å². The number of hydrogen-bond donors (Lipinski definition) is 0. The van der Waals surface area contributed by atoms with Gasteiger partial charge in [0.2, 0.25) is 0 Å². The van der Waals surface area contributed by atoms with Gasteiger partial charge in [0.15, 0.2) is 0 Å². The number of rotatable bonds is 3. The molecule has 0 unspecified atom stereocenters. The van der Waals surface area contributed by atoms with E-state index < -0.39 is 0 Å². The van der Waals surface area contributed by atoms with E-state index in [9.17, 15) is 0 Å².